The maximum Gasteiger partial charge on any atom is 0.408 e. The normalized spacial score (nSPS) is 10.8. The number of para-hydroxylation sites is 2. The van der Waals surface area contributed by atoms with Gasteiger partial charge in [0.05, 0.1) is 17.8 Å². The van der Waals surface area contributed by atoms with Crippen LogP contribution >= 0.6 is 11.3 Å². The Balaban J connectivity index is 1.90. The number of rotatable bonds is 6. The first-order chi connectivity index (χ1) is 12.7. The lowest BCUT2D eigenvalue weighted by Gasteiger charge is -2.19. The van der Waals surface area contributed by atoms with Gasteiger partial charge in [-0.15, -0.1) is 11.3 Å². The Morgan fingerprint density at radius 1 is 0.963 bits per heavy atom. The lowest BCUT2D eigenvalue weighted by Crippen LogP contribution is -2.37. The zero-order valence-electron chi connectivity index (χ0n) is 15.5. The van der Waals surface area contributed by atoms with Gasteiger partial charge in [-0.1, -0.05) is 18.2 Å². The van der Waals surface area contributed by atoms with Crippen LogP contribution in [0.4, 0.5) is 16.2 Å². The molecule has 0 radical (unpaired) electrons. The van der Waals surface area contributed by atoms with E-state index in [1.807, 2.05) is 17.5 Å². The van der Waals surface area contributed by atoms with Gasteiger partial charge in [-0.25, -0.2) is 4.79 Å². The monoisotopic (exact) mass is 389 g/mol. The third kappa shape index (κ3) is 7.49. The smallest absolute Gasteiger partial charge is 0.408 e. The molecule has 3 N–H and O–H groups in total. The highest BCUT2D eigenvalue weighted by Crippen LogP contribution is 2.21. The van der Waals surface area contributed by atoms with E-state index in [4.69, 9.17) is 4.74 Å². The van der Waals surface area contributed by atoms with Crippen molar-refractivity contribution in [2.75, 3.05) is 17.2 Å². The molecule has 0 fully saturated rings. The van der Waals surface area contributed by atoms with E-state index in [-0.39, 0.29) is 18.9 Å². The van der Waals surface area contributed by atoms with Crippen LogP contribution in [0.2, 0.25) is 0 Å². The molecule has 0 aliphatic carbocycles. The fourth-order valence-corrected chi connectivity index (χ4v) is 2.83. The van der Waals surface area contributed by atoms with Gasteiger partial charge in [-0.3, -0.25) is 9.59 Å². The van der Waals surface area contributed by atoms with Gasteiger partial charge in [0.1, 0.15) is 12.1 Å². The Morgan fingerprint density at radius 3 is 2.15 bits per heavy atom. The van der Waals surface area contributed by atoms with E-state index in [0.29, 0.717) is 11.4 Å². The van der Waals surface area contributed by atoms with Crippen LogP contribution in [0.3, 0.4) is 0 Å². The lowest BCUT2D eigenvalue weighted by atomic mass is 10.2. The first-order valence-corrected chi connectivity index (χ1v) is 9.29. The Labute approximate surface area is 162 Å². The minimum atomic E-state index is -0.671. The summed E-state index contributed by atoms with van der Waals surface area (Å²) in [6.45, 7) is 4.97. The van der Waals surface area contributed by atoms with Crippen molar-refractivity contribution in [2.24, 2.45) is 0 Å². The fraction of sp³-hybridized carbons (Fsp3) is 0.316. The number of amides is 3. The van der Waals surface area contributed by atoms with Crippen LogP contribution in [-0.4, -0.2) is 30.1 Å². The van der Waals surface area contributed by atoms with E-state index in [1.54, 1.807) is 45.0 Å². The van der Waals surface area contributed by atoms with Crippen LogP contribution in [0.25, 0.3) is 0 Å². The molecule has 1 aromatic heterocycles. The average Bonchev–Trinajstić information content (AvgIpc) is 3.06. The largest absolute Gasteiger partial charge is 0.444 e. The summed E-state index contributed by atoms with van der Waals surface area (Å²) in [5.41, 5.74) is 0.303. The van der Waals surface area contributed by atoms with Gasteiger partial charge >= 0.3 is 6.09 Å². The number of nitrogens with one attached hydrogen (secondary N) is 3. The molecule has 0 saturated carbocycles. The Kier molecular flexibility index (Phi) is 6.95. The highest BCUT2D eigenvalue weighted by Gasteiger charge is 2.17. The molecule has 8 heteroatoms. The summed E-state index contributed by atoms with van der Waals surface area (Å²) in [7, 11) is 0. The predicted molar refractivity (Wildman–Crippen MR) is 106 cm³/mol. The van der Waals surface area contributed by atoms with Crippen LogP contribution in [-0.2, 0) is 20.7 Å². The van der Waals surface area contributed by atoms with Crippen LogP contribution in [0, 0.1) is 0 Å². The van der Waals surface area contributed by atoms with Gasteiger partial charge in [0.15, 0.2) is 0 Å². The van der Waals surface area contributed by atoms with Gasteiger partial charge in [0, 0.05) is 4.88 Å². The summed E-state index contributed by atoms with van der Waals surface area (Å²) in [5.74, 6) is -0.605. The molecule has 1 heterocycles. The molecule has 0 atom stereocenters. The van der Waals surface area contributed by atoms with Crippen LogP contribution in [0.1, 0.15) is 25.6 Å². The molecule has 2 aromatic rings. The fourth-order valence-electron chi connectivity index (χ4n) is 2.13. The second-order valence-corrected chi connectivity index (χ2v) is 7.79. The molecule has 1 aromatic carbocycles. The SMILES string of the molecule is CC(C)(C)OC(=O)NCC(=O)Nc1ccccc1NC(=O)Cc1cccs1. The second kappa shape index (κ2) is 9.18. The third-order valence-corrected chi connectivity index (χ3v) is 4.06. The molecule has 0 saturated heterocycles. The topological polar surface area (TPSA) is 96.5 Å². The number of carbonyl (C=O) groups is 3. The van der Waals surface area contributed by atoms with Crippen molar-refractivity contribution >= 4 is 40.6 Å². The van der Waals surface area contributed by atoms with Gasteiger partial charge in [0.2, 0.25) is 11.8 Å². The molecular formula is C19H23N3O4S. The van der Waals surface area contributed by atoms with Gasteiger partial charge in [-0.2, -0.15) is 0 Å². The molecule has 3 amide bonds. The number of carbonyl (C=O) groups excluding carboxylic acids is 3. The maximum atomic E-state index is 12.2. The zero-order chi connectivity index (χ0) is 19.9. The maximum absolute atomic E-state index is 12.2. The third-order valence-electron chi connectivity index (χ3n) is 3.18. The average molecular weight is 389 g/mol. The summed E-state index contributed by atoms with van der Waals surface area (Å²) in [4.78, 5) is 36.8. The summed E-state index contributed by atoms with van der Waals surface area (Å²) in [5, 5.41) is 9.76. The van der Waals surface area contributed by atoms with Gasteiger partial charge < -0.3 is 20.7 Å². The van der Waals surface area contributed by atoms with Crippen molar-refractivity contribution < 1.29 is 19.1 Å². The number of anilines is 2. The number of alkyl carbamates (subject to hydrolysis) is 1. The summed E-state index contributed by atoms with van der Waals surface area (Å²) >= 11 is 1.51. The van der Waals surface area contributed by atoms with Crippen molar-refractivity contribution in [2.45, 2.75) is 32.8 Å². The number of ether oxygens (including phenoxy) is 1. The highest BCUT2D eigenvalue weighted by molar-refractivity contribution is 7.10. The second-order valence-electron chi connectivity index (χ2n) is 6.75. The Hall–Kier alpha value is -2.87. The molecule has 2 rings (SSSR count). The Morgan fingerprint density at radius 2 is 1.59 bits per heavy atom. The van der Waals surface area contributed by atoms with E-state index in [2.05, 4.69) is 16.0 Å². The quantitative estimate of drug-likeness (QED) is 0.705. The van der Waals surface area contributed by atoms with Gasteiger partial charge in [-0.05, 0) is 44.4 Å². The molecule has 7 nitrogen and oxygen atoms in total. The molecule has 0 spiro atoms. The summed E-state index contributed by atoms with van der Waals surface area (Å²) in [6.07, 6.45) is -0.407. The zero-order valence-corrected chi connectivity index (χ0v) is 16.3. The van der Waals surface area contributed by atoms with Crippen LogP contribution < -0.4 is 16.0 Å². The van der Waals surface area contributed by atoms with E-state index in [1.165, 1.54) is 11.3 Å². The first-order valence-electron chi connectivity index (χ1n) is 8.41. The summed E-state index contributed by atoms with van der Waals surface area (Å²) < 4.78 is 5.08. The van der Waals surface area contributed by atoms with Crippen molar-refractivity contribution in [3.8, 4) is 0 Å². The van der Waals surface area contributed by atoms with E-state index in [0.717, 1.165) is 4.88 Å². The van der Waals surface area contributed by atoms with Crippen molar-refractivity contribution in [3.05, 3.63) is 46.7 Å². The molecule has 144 valence electrons. The Bertz CT molecular complexity index is 798. The van der Waals surface area contributed by atoms with Crippen LogP contribution in [0.5, 0.6) is 0 Å². The minimum Gasteiger partial charge on any atom is -0.444 e. The predicted octanol–water partition coefficient (Wildman–Crippen LogP) is 3.39. The van der Waals surface area contributed by atoms with E-state index in [9.17, 15) is 14.4 Å². The molecule has 27 heavy (non-hydrogen) atoms. The van der Waals surface area contributed by atoms with Crippen LogP contribution in [0.15, 0.2) is 41.8 Å². The molecule has 0 aliphatic rings. The van der Waals surface area contributed by atoms with E-state index >= 15 is 0 Å². The molecule has 0 bridgehead atoms. The highest BCUT2D eigenvalue weighted by atomic mass is 32.1. The number of benzene rings is 1. The first kappa shape index (κ1) is 20.4. The number of thiophene rings is 1. The minimum absolute atomic E-state index is 0.175. The molecule has 0 unspecified atom stereocenters. The number of hydrogen-bond acceptors (Lipinski definition) is 5. The standard InChI is InChI=1S/C19H23N3O4S/c1-19(2,3)26-18(25)20-12-17(24)22-15-9-5-4-8-14(15)21-16(23)11-13-7-6-10-27-13/h4-10H,11-12H2,1-3H3,(H,20,25)(H,21,23)(H,22,24). The lowest BCUT2D eigenvalue weighted by molar-refractivity contribution is -0.116. The molecular weight excluding hydrogens is 366 g/mol. The van der Waals surface area contributed by atoms with Crippen molar-refractivity contribution in [3.63, 3.8) is 0 Å². The van der Waals surface area contributed by atoms with Crippen molar-refractivity contribution in [1.29, 1.82) is 0 Å². The molecule has 0 aliphatic heterocycles. The van der Waals surface area contributed by atoms with Gasteiger partial charge in [0.25, 0.3) is 0 Å². The van der Waals surface area contributed by atoms with E-state index < -0.39 is 17.6 Å². The summed E-state index contributed by atoms with van der Waals surface area (Å²) in [6, 6.07) is 10.6. The number of hydrogen-bond donors (Lipinski definition) is 3. The van der Waals surface area contributed by atoms with Crippen molar-refractivity contribution in [1.82, 2.24) is 5.32 Å².